The van der Waals surface area contributed by atoms with Gasteiger partial charge in [-0.05, 0) is 36.8 Å². The number of aryl methyl sites for hydroxylation is 1. The van der Waals surface area contributed by atoms with Gasteiger partial charge in [-0.15, -0.1) is 15.3 Å². The van der Waals surface area contributed by atoms with E-state index in [0.29, 0.717) is 23.0 Å². The Morgan fingerprint density at radius 2 is 2.16 bits per heavy atom. The minimum atomic E-state index is -0.556. The van der Waals surface area contributed by atoms with Crippen LogP contribution in [0.5, 0.6) is 5.75 Å². The van der Waals surface area contributed by atoms with Crippen LogP contribution in [-0.2, 0) is 9.59 Å². The molecular weight excluding hydrogens is 400 g/mol. The van der Waals surface area contributed by atoms with Crippen molar-refractivity contribution in [3.8, 4) is 11.6 Å². The molecular formula is C20H18N8O3. The summed E-state index contributed by atoms with van der Waals surface area (Å²) in [4.78, 5) is 23.6. The monoisotopic (exact) mass is 418 g/mol. The van der Waals surface area contributed by atoms with Gasteiger partial charge in [-0.2, -0.15) is 14.3 Å². The lowest BCUT2D eigenvalue weighted by atomic mass is 9.86. The van der Waals surface area contributed by atoms with Crippen molar-refractivity contribution in [3.63, 3.8) is 0 Å². The van der Waals surface area contributed by atoms with Crippen molar-refractivity contribution in [2.24, 2.45) is 5.73 Å². The second-order valence-corrected chi connectivity index (χ2v) is 7.22. The van der Waals surface area contributed by atoms with Crippen LogP contribution >= 0.6 is 0 Å². The lowest BCUT2D eigenvalue weighted by Gasteiger charge is -2.24. The van der Waals surface area contributed by atoms with Gasteiger partial charge in [-0.1, -0.05) is 12.1 Å². The van der Waals surface area contributed by atoms with E-state index in [1.165, 1.54) is 6.33 Å². The molecule has 1 atom stereocenters. The van der Waals surface area contributed by atoms with Gasteiger partial charge in [-0.3, -0.25) is 9.59 Å². The highest BCUT2D eigenvalue weighted by Gasteiger charge is 2.33. The van der Waals surface area contributed by atoms with E-state index in [1.54, 1.807) is 27.4 Å². The summed E-state index contributed by atoms with van der Waals surface area (Å²) in [6.45, 7) is 1.68. The average Bonchev–Trinajstić information content (AvgIpc) is 3.35. The Kier molecular flexibility index (Phi) is 4.35. The van der Waals surface area contributed by atoms with Gasteiger partial charge < -0.3 is 15.8 Å². The number of ether oxygens (including phenoxy) is 1. The molecule has 3 aromatic heterocycles. The molecule has 0 unspecified atom stereocenters. The summed E-state index contributed by atoms with van der Waals surface area (Å²) in [5, 5.41) is 19.8. The number of amides is 2. The second-order valence-electron chi connectivity index (χ2n) is 7.22. The van der Waals surface area contributed by atoms with Crippen LogP contribution in [0, 0.1) is 6.92 Å². The van der Waals surface area contributed by atoms with Crippen molar-refractivity contribution in [2.45, 2.75) is 19.3 Å². The lowest BCUT2D eigenvalue weighted by Crippen LogP contribution is -2.25. The predicted molar refractivity (Wildman–Crippen MR) is 109 cm³/mol. The fourth-order valence-electron chi connectivity index (χ4n) is 3.80. The maximum absolute atomic E-state index is 12.6. The molecule has 3 N–H and O–H groups in total. The summed E-state index contributed by atoms with van der Waals surface area (Å²) in [5.74, 6) is 0.687. The Morgan fingerprint density at radius 1 is 1.29 bits per heavy atom. The number of benzene rings is 1. The maximum atomic E-state index is 12.6. The van der Waals surface area contributed by atoms with Crippen molar-refractivity contribution in [3.05, 3.63) is 59.5 Å². The number of nitrogens with zero attached hydrogens (tertiary/aromatic N) is 6. The molecule has 4 aromatic rings. The summed E-state index contributed by atoms with van der Waals surface area (Å²) in [6.07, 6.45) is 1.76. The van der Waals surface area contributed by atoms with Crippen LogP contribution in [0.2, 0.25) is 0 Å². The van der Waals surface area contributed by atoms with Gasteiger partial charge in [0.2, 0.25) is 5.91 Å². The molecule has 11 heteroatoms. The first-order chi connectivity index (χ1) is 15.0. The maximum Gasteiger partial charge on any atom is 0.255 e. The number of rotatable bonds is 5. The molecule has 0 fully saturated rings. The Balaban J connectivity index is 1.57. The first kappa shape index (κ1) is 18.7. The molecule has 0 saturated carbocycles. The molecule has 1 aromatic carbocycles. The third kappa shape index (κ3) is 3.35. The number of carbonyl (C=O) groups is 2. The first-order valence-electron chi connectivity index (χ1n) is 9.57. The van der Waals surface area contributed by atoms with Gasteiger partial charge in [0.15, 0.2) is 18.1 Å². The van der Waals surface area contributed by atoms with Gasteiger partial charge in [0.1, 0.15) is 17.9 Å². The van der Waals surface area contributed by atoms with Crippen molar-refractivity contribution >= 4 is 23.3 Å². The van der Waals surface area contributed by atoms with Crippen LogP contribution < -0.4 is 15.8 Å². The van der Waals surface area contributed by atoms with E-state index in [2.05, 4.69) is 25.7 Å². The number of nitrogens with one attached hydrogen (secondary N) is 1. The van der Waals surface area contributed by atoms with E-state index in [9.17, 15) is 9.59 Å². The number of aromatic nitrogens is 6. The van der Waals surface area contributed by atoms with E-state index in [1.807, 2.05) is 25.1 Å². The number of nitrogens with two attached hydrogens (primary N) is 1. The third-order valence-electron chi connectivity index (χ3n) is 5.11. The molecule has 0 spiro atoms. The normalized spacial score (nSPS) is 15.5. The highest BCUT2D eigenvalue weighted by Crippen LogP contribution is 2.40. The quantitative estimate of drug-likeness (QED) is 0.491. The van der Waals surface area contributed by atoms with E-state index >= 15 is 0 Å². The van der Waals surface area contributed by atoms with Gasteiger partial charge in [-0.25, -0.2) is 0 Å². The molecule has 31 heavy (non-hydrogen) atoms. The van der Waals surface area contributed by atoms with Crippen LogP contribution in [0.15, 0.2) is 42.7 Å². The molecule has 1 aliphatic heterocycles. The summed E-state index contributed by atoms with van der Waals surface area (Å²) in [5.41, 5.74) is 8.32. The SMILES string of the molecule is Cc1nn(-c2ccc3nncn3n2)c2c1[C@H](c1cccc(OCC(N)=O)c1)CC(=O)N2. The number of primary amides is 1. The standard InChI is InChI=1S/C20H18N8O3/c1-11-19-14(12-3-2-4-13(7-12)31-9-15(21)29)8-18(30)23-20(19)28(25-11)17-6-5-16-24-22-10-27(16)26-17/h2-7,10,14H,8-9H2,1H3,(H2,21,29)(H,23,30)/t14-/m0/s1. The second kappa shape index (κ2) is 7.20. The minimum Gasteiger partial charge on any atom is -0.484 e. The van der Waals surface area contributed by atoms with Crippen LogP contribution in [0.4, 0.5) is 5.82 Å². The molecule has 0 radical (unpaired) electrons. The fourth-order valence-corrected chi connectivity index (χ4v) is 3.80. The van der Waals surface area contributed by atoms with E-state index in [-0.39, 0.29) is 24.9 Å². The molecule has 0 aliphatic carbocycles. The minimum absolute atomic E-state index is 0.132. The molecule has 2 amide bonds. The van der Waals surface area contributed by atoms with Crippen molar-refractivity contribution < 1.29 is 14.3 Å². The van der Waals surface area contributed by atoms with Crippen LogP contribution in [0.25, 0.3) is 11.5 Å². The molecule has 0 bridgehead atoms. The largest absolute Gasteiger partial charge is 0.484 e. The van der Waals surface area contributed by atoms with Crippen molar-refractivity contribution in [1.29, 1.82) is 0 Å². The molecule has 11 nitrogen and oxygen atoms in total. The smallest absolute Gasteiger partial charge is 0.255 e. The summed E-state index contributed by atoms with van der Waals surface area (Å²) < 4.78 is 8.59. The third-order valence-corrected chi connectivity index (χ3v) is 5.11. The van der Waals surface area contributed by atoms with Crippen molar-refractivity contribution in [2.75, 3.05) is 11.9 Å². The van der Waals surface area contributed by atoms with Gasteiger partial charge >= 0.3 is 0 Å². The van der Waals surface area contributed by atoms with Crippen LogP contribution in [0.3, 0.4) is 0 Å². The van der Waals surface area contributed by atoms with E-state index in [0.717, 1.165) is 16.8 Å². The number of carbonyl (C=O) groups excluding carboxylic acids is 2. The van der Waals surface area contributed by atoms with Crippen LogP contribution in [-0.4, -0.2) is 48.0 Å². The Hall–Kier alpha value is -4.28. The van der Waals surface area contributed by atoms with Gasteiger partial charge in [0, 0.05) is 17.9 Å². The van der Waals surface area contributed by atoms with Gasteiger partial charge in [0.05, 0.1) is 5.69 Å². The van der Waals surface area contributed by atoms with Crippen LogP contribution in [0.1, 0.15) is 29.2 Å². The fraction of sp³-hybridized carbons (Fsp3) is 0.200. The van der Waals surface area contributed by atoms with E-state index in [4.69, 9.17) is 10.5 Å². The average molecular weight is 418 g/mol. The molecule has 4 heterocycles. The number of anilines is 1. The lowest BCUT2D eigenvalue weighted by molar-refractivity contribution is -0.120. The number of hydrogen-bond donors (Lipinski definition) is 2. The van der Waals surface area contributed by atoms with E-state index < -0.39 is 5.91 Å². The summed E-state index contributed by atoms with van der Waals surface area (Å²) >= 11 is 0. The molecule has 1 aliphatic rings. The molecule has 5 rings (SSSR count). The molecule has 156 valence electrons. The molecule has 0 saturated heterocycles. The first-order valence-corrected chi connectivity index (χ1v) is 9.57. The van der Waals surface area contributed by atoms with Crippen molar-refractivity contribution in [1.82, 2.24) is 29.6 Å². The zero-order valence-electron chi connectivity index (χ0n) is 16.5. The zero-order valence-corrected chi connectivity index (χ0v) is 16.5. The van der Waals surface area contributed by atoms with Gasteiger partial charge in [0.25, 0.3) is 5.91 Å². The highest BCUT2D eigenvalue weighted by molar-refractivity contribution is 5.95. The Morgan fingerprint density at radius 3 is 3.00 bits per heavy atom. The predicted octanol–water partition coefficient (Wildman–Crippen LogP) is 0.957. The summed E-state index contributed by atoms with van der Waals surface area (Å²) in [6, 6.07) is 10.8. The summed E-state index contributed by atoms with van der Waals surface area (Å²) in [7, 11) is 0. The number of hydrogen-bond acceptors (Lipinski definition) is 7. The Bertz CT molecular complexity index is 1330. The topological polar surface area (TPSA) is 142 Å². The Labute approximate surface area is 175 Å². The zero-order chi connectivity index (χ0) is 21.5. The number of fused-ring (bicyclic) bond motifs is 2. The highest BCUT2D eigenvalue weighted by atomic mass is 16.5.